The van der Waals surface area contributed by atoms with Gasteiger partial charge in [-0.3, -0.25) is 4.79 Å². The third-order valence-corrected chi connectivity index (χ3v) is 2.55. The lowest BCUT2D eigenvalue weighted by molar-refractivity contribution is -0.137. The SMILES string of the molecule is CC(CC(=O)O)NCCc1ccc(Cl)cc1. The standard InChI is InChI=1S/C12H16ClNO2/c1-9(8-12(15)16)14-7-6-10-2-4-11(13)5-3-10/h2-5,9,14H,6-8H2,1H3,(H,15,16). The van der Waals surface area contributed by atoms with Crippen molar-refractivity contribution in [3.8, 4) is 0 Å². The van der Waals surface area contributed by atoms with E-state index in [1.807, 2.05) is 31.2 Å². The number of carboxylic acids is 1. The van der Waals surface area contributed by atoms with Crippen molar-refractivity contribution in [2.24, 2.45) is 0 Å². The van der Waals surface area contributed by atoms with Crippen molar-refractivity contribution in [1.29, 1.82) is 0 Å². The molecular formula is C12H16ClNO2. The van der Waals surface area contributed by atoms with E-state index in [0.29, 0.717) is 0 Å². The minimum atomic E-state index is -0.772. The molecule has 0 aliphatic carbocycles. The van der Waals surface area contributed by atoms with Gasteiger partial charge in [0.1, 0.15) is 0 Å². The van der Waals surface area contributed by atoms with E-state index in [0.717, 1.165) is 18.0 Å². The Morgan fingerprint density at radius 3 is 2.62 bits per heavy atom. The molecule has 0 spiro atoms. The molecule has 0 fully saturated rings. The average molecular weight is 242 g/mol. The van der Waals surface area contributed by atoms with Crippen molar-refractivity contribution in [2.45, 2.75) is 25.8 Å². The molecular weight excluding hydrogens is 226 g/mol. The van der Waals surface area contributed by atoms with Gasteiger partial charge in [0.2, 0.25) is 0 Å². The molecule has 1 unspecified atom stereocenters. The lowest BCUT2D eigenvalue weighted by Gasteiger charge is -2.11. The van der Waals surface area contributed by atoms with Crippen molar-refractivity contribution in [3.05, 3.63) is 34.9 Å². The minimum absolute atomic E-state index is 0.00444. The lowest BCUT2D eigenvalue weighted by Crippen LogP contribution is -2.30. The Balaban J connectivity index is 2.25. The maximum atomic E-state index is 10.4. The van der Waals surface area contributed by atoms with E-state index in [9.17, 15) is 4.79 Å². The Labute approximate surface area is 100 Å². The van der Waals surface area contributed by atoms with Crippen LogP contribution in [0.5, 0.6) is 0 Å². The number of carboxylic acid groups (broad SMARTS) is 1. The van der Waals surface area contributed by atoms with Crippen LogP contribution >= 0.6 is 11.6 Å². The second kappa shape index (κ2) is 6.51. The molecule has 0 radical (unpaired) electrons. The van der Waals surface area contributed by atoms with Crippen LogP contribution in [-0.4, -0.2) is 23.7 Å². The number of benzene rings is 1. The topological polar surface area (TPSA) is 49.3 Å². The van der Waals surface area contributed by atoms with Crippen molar-refractivity contribution in [3.63, 3.8) is 0 Å². The predicted octanol–water partition coefficient (Wildman–Crippen LogP) is 2.34. The monoisotopic (exact) mass is 241 g/mol. The Morgan fingerprint density at radius 2 is 2.06 bits per heavy atom. The van der Waals surface area contributed by atoms with Gasteiger partial charge in [-0.05, 0) is 37.6 Å². The third kappa shape index (κ3) is 5.14. The fraction of sp³-hybridized carbons (Fsp3) is 0.417. The first-order valence-electron chi connectivity index (χ1n) is 5.27. The molecule has 0 heterocycles. The highest BCUT2D eigenvalue weighted by atomic mass is 35.5. The first kappa shape index (κ1) is 13.0. The zero-order valence-electron chi connectivity index (χ0n) is 9.24. The van der Waals surface area contributed by atoms with Crippen LogP contribution in [0, 0.1) is 0 Å². The molecule has 1 aromatic carbocycles. The Hall–Kier alpha value is -1.06. The van der Waals surface area contributed by atoms with Crippen LogP contribution in [-0.2, 0) is 11.2 Å². The van der Waals surface area contributed by atoms with Crippen molar-refractivity contribution >= 4 is 17.6 Å². The maximum absolute atomic E-state index is 10.4. The van der Waals surface area contributed by atoms with Crippen LogP contribution in [0.3, 0.4) is 0 Å². The van der Waals surface area contributed by atoms with Crippen LogP contribution < -0.4 is 5.32 Å². The molecule has 2 N–H and O–H groups in total. The van der Waals surface area contributed by atoms with E-state index in [2.05, 4.69) is 5.32 Å². The first-order chi connectivity index (χ1) is 7.58. The molecule has 0 aliphatic rings. The molecule has 1 atom stereocenters. The Kier molecular flexibility index (Phi) is 5.29. The van der Waals surface area contributed by atoms with Crippen molar-refractivity contribution in [2.75, 3.05) is 6.54 Å². The average Bonchev–Trinajstić information content (AvgIpc) is 2.20. The zero-order valence-corrected chi connectivity index (χ0v) is 10.00. The highest BCUT2D eigenvalue weighted by Crippen LogP contribution is 2.09. The molecule has 1 rings (SSSR count). The van der Waals surface area contributed by atoms with Crippen molar-refractivity contribution < 1.29 is 9.90 Å². The minimum Gasteiger partial charge on any atom is -0.481 e. The molecule has 0 bridgehead atoms. The van der Waals surface area contributed by atoms with E-state index in [1.165, 1.54) is 5.56 Å². The summed E-state index contributed by atoms with van der Waals surface area (Å²) >= 11 is 5.77. The summed E-state index contributed by atoms with van der Waals surface area (Å²) in [6.45, 7) is 2.64. The van der Waals surface area contributed by atoms with Gasteiger partial charge in [0, 0.05) is 11.1 Å². The number of nitrogens with one attached hydrogen (secondary N) is 1. The van der Waals surface area contributed by atoms with Crippen LogP contribution in [0.25, 0.3) is 0 Å². The largest absolute Gasteiger partial charge is 0.481 e. The summed E-state index contributed by atoms with van der Waals surface area (Å²) in [5.41, 5.74) is 1.19. The summed E-state index contributed by atoms with van der Waals surface area (Å²) in [6, 6.07) is 7.68. The number of halogens is 1. The molecule has 88 valence electrons. The molecule has 0 saturated heterocycles. The number of hydrogen-bond acceptors (Lipinski definition) is 2. The number of hydrogen-bond donors (Lipinski definition) is 2. The summed E-state index contributed by atoms with van der Waals surface area (Å²) in [4.78, 5) is 10.4. The van der Waals surface area contributed by atoms with E-state index >= 15 is 0 Å². The molecule has 0 aromatic heterocycles. The highest BCUT2D eigenvalue weighted by molar-refractivity contribution is 6.30. The molecule has 0 amide bonds. The molecule has 0 saturated carbocycles. The van der Waals surface area contributed by atoms with Gasteiger partial charge in [-0.1, -0.05) is 23.7 Å². The number of carbonyl (C=O) groups is 1. The van der Waals surface area contributed by atoms with Gasteiger partial charge >= 0.3 is 5.97 Å². The van der Waals surface area contributed by atoms with E-state index in [4.69, 9.17) is 16.7 Å². The van der Waals surface area contributed by atoms with E-state index in [1.54, 1.807) is 0 Å². The maximum Gasteiger partial charge on any atom is 0.304 e. The van der Waals surface area contributed by atoms with Gasteiger partial charge in [0.15, 0.2) is 0 Å². The zero-order chi connectivity index (χ0) is 12.0. The highest BCUT2D eigenvalue weighted by Gasteiger charge is 2.05. The summed E-state index contributed by atoms with van der Waals surface area (Å²) in [5.74, 6) is -0.772. The summed E-state index contributed by atoms with van der Waals surface area (Å²) < 4.78 is 0. The lowest BCUT2D eigenvalue weighted by atomic mass is 10.1. The number of rotatable bonds is 6. The molecule has 0 aliphatic heterocycles. The predicted molar refractivity (Wildman–Crippen MR) is 64.9 cm³/mol. The van der Waals surface area contributed by atoms with Gasteiger partial charge in [-0.15, -0.1) is 0 Å². The number of aliphatic carboxylic acids is 1. The van der Waals surface area contributed by atoms with Gasteiger partial charge in [0.05, 0.1) is 6.42 Å². The molecule has 4 heteroatoms. The smallest absolute Gasteiger partial charge is 0.304 e. The fourth-order valence-corrected chi connectivity index (χ4v) is 1.57. The van der Waals surface area contributed by atoms with Gasteiger partial charge in [-0.2, -0.15) is 0 Å². The molecule has 16 heavy (non-hydrogen) atoms. The van der Waals surface area contributed by atoms with Crippen LogP contribution in [0.15, 0.2) is 24.3 Å². The molecule has 1 aromatic rings. The quantitative estimate of drug-likeness (QED) is 0.804. The third-order valence-electron chi connectivity index (χ3n) is 2.30. The summed E-state index contributed by atoms with van der Waals surface area (Å²) in [7, 11) is 0. The van der Waals surface area contributed by atoms with Crippen LogP contribution in [0.1, 0.15) is 18.9 Å². The summed E-state index contributed by atoms with van der Waals surface area (Å²) in [6.07, 6.45) is 1.03. The van der Waals surface area contributed by atoms with Gasteiger partial charge in [0.25, 0.3) is 0 Å². The first-order valence-corrected chi connectivity index (χ1v) is 5.65. The second-order valence-electron chi connectivity index (χ2n) is 3.83. The summed E-state index contributed by atoms with van der Waals surface area (Å²) in [5, 5.41) is 12.5. The van der Waals surface area contributed by atoms with Crippen molar-refractivity contribution in [1.82, 2.24) is 5.32 Å². The van der Waals surface area contributed by atoms with E-state index < -0.39 is 5.97 Å². The fourth-order valence-electron chi connectivity index (χ4n) is 1.45. The van der Waals surface area contributed by atoms with Crippen LogP contribution in [0.2, 0.25) is 5.02 Å². The molecule has 3 nitrogen and oxygen atoms in total. The van der Waals surface area contributed by atoms with Gasteiger partial charge in [-0.25, -0.2) is 0 Å². The second-order valence-corrected chi connectivity index (χ2v) is 4.27. The Morgan fingerprint density at radius 1 is 1.44 bits per heavy atom. The normalized spacial score (nSPS) is 12.4. The van der Waals surface area contributed by atoms with Gasteiger partial charge < -0.3 is 10.4 Å². The Bertz CT molecular complexity index is 337. The van der Waals surface area contributed by atoms with Crippen LogP contribution in [0.4, 0.5) is 0 Å². The van der Waals surface area contributed by atoms with E-state index in [-0.39, 0.29) is 12.5 Å².